The van der Waals surface area contributed by atoms with Crippen LogP contribution >= 0.6 is 0 Å². The third kappa shape index (κ3) is 4.59. The molecule has 0 atom stereocenters. The van der Waals surface area contributed by atoms with E-state index in [0.29, 0.717) is 5.95 Å². The van der Waals surface area contributed by atoms with Gasteiger partial charge in [0, 0.05) is 6.42 Å². The molecule has 2 aromatic rings. The summed E-state index contributed by atoms with van der Waals surface area (Å²) in [7, 11) is 0. The van der Waals surface area contributed by atoms with Crippen molar-refractivity contribution < 1.29 is 14.3 Å². The van der Waals surface area contributed by atoms with E-state index in [1.54, 1.807) is 20.8 Å². The van der Waals surface area contributed by atoms with Crippen LogP contribution in [-0.4, -0.2) is 27.4 Å². The van der Waals surface area contributed by atoms with E-state index in [1.807, 2.05) is 24.3 Å². The number of hydrogen-bond donors (Lipinski definition) is 2. The molecule has 0 unspecified atom stereocenters. The normalized spacial score (nSPS) is 11.4. The Labute approximate surface area is 122 Å². The molecular weight excluding hydrogens is 270 g/mol. The summed E-state index contributed by atoms with van der Waals surface area (Å²) in [6.45, 7) is 5.37. The Bertz CT molecular complexity index is 622. The molecule has 2 N–H and O–H groups in total. The molecule has 0 spiro atoms. The largest absolute Gasteiger partial charge is 0.460 e. The summed E-state index contributed by atoms with van der Waals surface area (Å²) < 4.78 is 5.14. The van der Waals surface area contributed by atoms with Crippen LogP contribution < -0.4 is 5.32 Å². The lowest BCUT2D eigenvalue weighted by Gasteiger charge is -2.19. The second-order valence-electron chi connectivity index (χ2n) is 5.74. The number of nitrogens with one attached hydrogen (secondary N) is 2. The molecule has 21 heavy (non-hydrogen) atoms. The van der Waals surface area contributed by atoms with Gasteiger partial charge in [-0.2, -0.15) is 0 Å². The highest BCUT2D eigenvalue weighted by molar-refractivity contribution is 5.92. The van der Waals surface area contributed by atoms with Crippen molar-refractivity contribution in [2.24, 2.45) is 0 Å². The predicted octanol–water partition coefficient (Wildman–Crippen LogP) is 2.62. The molecule has 2 rings (SSSR count). The van der Waals surface area contributed by atoms with Crippen LogP contribution in [0.1, 0.15) is 33.6 Å². The minimum absolute atomic E-state index is 0.0450. The number of nitrogens with zero attached hydrogens (tertiary/aromatic N) is 1. The number of H-pyrrole nitrogens is 1. The van der Waals surface area contributed by atoms with Crippen molar-refractivity contribution in [1.29, 1.82) is 0 Å². The first-order chi connectivity index (χ1) is 9.83. The number of aromatic amines is 1. The number of rotatable bonds is 4. The molecule has 1 aromatic heterocycles. The lowest BCUT2D eigenvalue weighted by molar-refractivity contribution is -0.155. The Hall–Kier alpha value is -2.37. The van der Waals surface area contributed by atoms with E-state index in [1.165, 1.54) is 0 Å². The zero-order valence-electron chi connectivity index (χ0n) is 12.4. The first kappa shape index (κ1) is 15.0. The molecule has 0 fully saturated rings. The Kier molecular flexibility index (Phi) is 4.26. The molecule has 0 aliphatic carbocycles. The number of para-hydroxylation sites is 2. The van der Waals surface area contributed by atoms with E-state index in [4.69, 9.17) is 4.74 Å². The van der Waals surface area contributed by atoms with Crippen LogP contribution in [0.2, 0.25) is 0 Å². The molecule has 112 valence electrons. The second kappa shape index (κ2) is 5.95. The molecule has 0 saturated carbocycles. The van der Waals surface area contributed by atoms with Crippen molar-refractivity contribution in [3.63, 3.8) is 0 Å². The minimum atomic E-state index is -0.535. The number of carbonyl (C=O) groups is 2. The van der Waals surface area contributed by atoms with E-state index in [0.717, 1.165) is 11.0 Å². The molecule has 0 saturated heterocycles. The van der Waals surface area contributed by atoms with Crippen LogP contribution in [-0.2, 0) is 14.3 Å². The van der Waals surface area contributed by atoms with Gasteiger partial charge in [-0.3, -0.25) is 14.9 Å². The van der Waals surface area contributed by atoms with Gasteiger partial charge in [0.2, 0.25) is 11.9 Å². The van der Waals surface area contributed by atoms with E-state index in [9.17, 15) is 9.59 Å². The summed E-state index contributed by atoms with van der Waals surface area (Å²) >= 11 is 0. The van der Waals surface area contributed by atoms with Crippen molar-refractivity contribution in [3.8, 4) is 0 Å². The Morgan fingerprint density at radius 3 is 2.62 bits per heavy atom. The fourth-order valence-electron chi connectivity index (χ4n) is 1.81. The topological polar surface area (TPSA) is 84.1 Å². The predicted molar refractivity (Wildman–Crippen MR) is 79.8 cm³/mol. The van der Waals surface area contributed by atoms with E-state index in [2.05, 4.69) is 15.3 Å². The van der Waals surface area contributed by atoms with Gasteiger partial charge in [0.25, 0.3) is 0 Å². The van der Waals surface area contributed by atoms with Gasteiger partial charge >= 0.3 is 5.97 Å². The Morgan fingerprint density at radius 2 is 1.95 bits per heavy atom. The maximum absolute atomic E-state index is 11.8. The molecule has 6 nitrogen and oxygen atoms in total. The third-order valence-corrected chi connectivity index (χ3v) is 2.62. The van der Waals surface area contributed by atoms with Crippen molar-refractivity contribution >= 4 is 28.9 Å². The maximum atomic E-state index is 11.8. The lowest BCUT2D eigenvalue weighted by Crippen LogP contribution is -2.24. The number of carbonyl (C=O) groups excluding carboxylic acids is 2. The van der Waals surface area contributed by atoms with Crippen LogP contribution in [0.4, 0.5) is 5.95 Å². The number of aromatic nitrogens is 2. The summed E-state index contributed by atoms with van der Waals surface area (Å²) in [5.41, 5.74) is 1.09. The fraction of sp³-hybridized carbons (Fsp3) is 0.400. The quantitative estimate of drug-likeness (QED) is 0.847. The van der Waals surface area contributed by atoms with Gasteiger partial charge in [0.1, 0.15) is 5.60 Å². The Balaban J connectivity index is 1.86. The number of imidazole rings is 1. The molecule has 0 aliphatic rings. The fourth-order valence-corrected chi connectivity index (χ4v) is 1.81. The number of esters is 1. The molecule has 1 aromatic carbocycles. The summed E-state index contributed by atoms with van der Waals surface area (Å²) in [5.74, 6) is -0.285. The van der Waals surface area contributed by atoms with Crippen molar-refractivity contribution in [2.75, 3.05) is 5.32 Å². The average Bonchev–Trinajstić information content (AvgIpc) is 2.76. The van der Waals surface area contributed by atoms with Gasteiger partial charge in [0.15, 0.2) is 0 Å². The zero-order chi connectivity index (χ0) is 15.5. The molecule has 0 aliphatic heterocycles. The number of ether oxygens (including phenoxy) is 1. The average molecular weight is 289 g/mol. The van der Waals surface area contributed by atoms with Crippen molar-refractivity contribution in [2.45, 2.75) is 39.2 Å². The smallest absolute Gasteiger partial charge is 0.306 e. The van der Waals surface area contributed by atoms with E-state index >= 15 is 0 Å². The van der Waals surface area contributed by atoms with Gasteiger partial charge in [-0.05, 0) is 32.9 Å². The van der Waals surface area contributed by atoms with E-state index in [-0.39, 0.29) is 24.7 Å². The maximum Gasteiger partial charge on any atom is 0.306 e. The van der Waals surface area contributed by atoms with Crippen LogP contribution in [0.3, 0.4) is 0 Å². The van der Waals surface area contributed by atoms with Gasteiger partial charge in [-0.15, -0.1) is 0 Å². The third-order valence-electron chi connectivity index (χ3n) is 2.62. The standard InChI is InChI=1S/C15H19N3O3/c1-15(2,3)21-13(20)9-8-12(19)18-14-16-10-6-4-5-7-11(10)17-14/h4-7H,8-9H2,1-3H3,(H2,16,17,18,19). The van der Waals surface area contributed by atoms with Gasteiger partial charge in [-0.1, -0.05) is 12.1 Å². The number of benzene rings is 1. The second-order valence-corrected chi connectivity index (χ2v) is 5.74. The zero-order valence-corrected chi connectivity index (χ0v) is 12.4. The first-order valence-corrected chi connectivity index (χ1v) is 6.80. The number of amides is 1. The van der Waals surface area contributed by atoms with Crippen LogP contribution in [0.25, 0.3) is 11.0 Å². The highest BCUT2D eigenvalue weighted by Crippen LogP contribution is 2.14. The van der Waals surface area contributed by atoms with Crippen molar-refractivity contribution in [3.05, 3.63) is 24.3 Å². The molecule has 0 bridgehead atoms. The first-order valence-electron chi connectivity index (χ1n) is 6.80. The summed E-state index contributed by atoms with van der Waals surface area (Å²) in [6.07, 6.45) is 0.106. The Morgan fingerprint density at radius 1 is 1.24 bits per heavy atom. The summed E-state index contributed by atoms with van der Waals surface area (Å²) in [4.78, 5) is 30.5. The molecule has 1 heterocycles. The lowest BCUT2D eigenvalue weighted by atomic mass is 10.2. The molecule has 6 heteroatoms. The minimum Gasteiger partial charge on any atom is -0.460 e. The van der Waals surface area contributed by atoms with E-state index < -0.39 is 5.60 Å². The highest BCUT2D eigenvalue weighted by atomic mass is 16.6. The summed E-state index contributed by atoms with van der Waals surface area (Å²) in [5, 5.41) is 2.64. The monoisotopic (exact) mass is 289 g/mol. The SMILES string of the molecule is CC(C)(C)OC(=O)CCC(=O)Nc1nc2ccccc2[nH]1. The number of anilines is 1. The molecular formula is C15H19N3O3. The number of hydrogen-bond acceptors (Lipinski definition) is 4. The van der Waals surface area contributed by atoms with Gasteiger partial charge in [-0.25, -0.2) is 4.98 Å². The number of fused-ring (bicyclic) bond motifs is 1. The highest BCUT2D eigenvalue weighted by Gasteiger charge is 2.17. The van der Waals surface area contributed by atoms with Crippen LogP contribution in [0, 0.1) is 0 Å². The van der Waals surface area contributed by atoms with Crippen LogP contribution in [0.15, 0.2) is 24.3 Å². The van der Waals surface area contributed by atoms with Crippen molar-refractivity contribution in [1.82, 2.24) is 9.97 Å². The van der Waals surface area contributed by atoms with Gasteiger partial charge < -0.3 is 9.72 Å². The summed E-state index contributed by atoms with van der Waals surface area (Å²) in [6, 6.07) is 7.48. The molecule has 0 radical (unpaired) electrons. The van der Waals surface area contributed by atoms with Crippen LogP contribution in [0.5, 0.6) is 0 Å². The van der Waals surface area contributed by atoms with Gasteiger partial charge in [0.05, 0.1) is 17.5 Å². The molecule has 1 amide bonds.